The highest BCUT2D eigenvalue weighted by molar-refractivity contribution is 5.97. The van der Waals surface area contributed by atoms with Crippen molar-refractivity contribution in [1.29, 1.82) is 0 Å². The number of urea groups is 1. The molecule has 12 heteroatoms. The second-order valence-corrected chi connectivity index (χ2v) is 14.3. The summed E-state index contributed by atoms with van der Waals surface area (Å²) in [5, 5.41) is 15.2. The monoisotopic (exact) mass is 651 g/mol. The fourth-order valence-electron chi connectivity index (χ4n) is 7.91. The van der Waals surface area contributed by atoms with Crippen LogP contribution in [0.3, 0.4) is 0 Å². The van der Waals surface area contributed by atoms with Crippen molar-refractivity contribution in [3.63, 3.8) is 0 Å². The van der Waals surface area contributed by atoms with E-state index in [1.54, 1.807) is 46.4 Å². The highest BCUT2D eigenvalue weighted by Gasteiger charge is 2.42. The zero-order valence-electron chi connectivity index (χ0n) is 28.9. The number of aliphatic hydroxyl groups is 1. The van der Waals surface area contributed by atoms with Crippen LogP contribution >= 0.6 is 0 Å². The third-order valence-electron chi connectivity index (χ3n) is 10.4. The van der Waals surface area contributed by atoms with Gasteiger partial charge >= 0.3 is 6.03 Å². The van der Waals surface area contributed by atoms with Crippen LogP contribution in [0, 0.1) is 0 Å². The normalized spacial score (nSPS) is 23.7. The van der Waals surface area contributed by atoms with Crippen molar-refractivity contribution in [3.8, 4) is 0 Å². The first-order valence-electron chi connectivity index (χ1n) is 17.1. The lowest BCUT2D eigenvalue weighted by Crippen LogP contribution is -2.54. The smallest absolute Gasteiger partial charge is 0.319 e. The van der Waals surface area contributed by atoms with E-state index in [1.165, 1.54) is 0 Å². The molecular weight excluding hydrogens is 598 g/mol. The SMILES string of the molecule is CC(=O)N(CCN1CC[C@@H](N(C)C(=O)N(C)C)C1)CC(O)CN1[C@H]2CC[C@H]1CC(NC(=O)c1cc3ccccc3n(C(C)C)c1=O)C2. The average molecular weight is 652 g/mol. The third kappa shape index (κ3) is 7.81. The molecule has 0 aliphatic carbocycles. The molecule has 0 radical (unpaired) electrons. The molecule has 12 nitrogen and oxygen atoms in total. The number of nitrogens with one attached hydrogen (secondary N) is 1. The maximum Gasteiger partial charge on any atom is 0.319 e. The minimum atomic E-state index is -0.685. The maximum absolute atomic E-state index is 13.5. The first-order chi connectivity index (χ1) is 22.3. The fraction of sp³-hybridized carbons (Fsp3) is 0.657. The van der Waals surface area contributed by atoms with E-state index in [0.29, 0.717) is 19.6 Å². The number of hydrogen-bond acceptors (Lipinski definition) is 7. The number of rotatable bonds is 11. The summed E-state index contributed by atoms with van der Waals surface area (Å²) in [5.41, 5.74) is 0.722. The number of carbonyl (C=O) groups excluding carboxylic acids is 3. The van der Waals surface area contributed by atoms with E-state index in [9.17, 15) is 24.3 Å². The van der Waals surface area contributed by atoms with Crippen LogP contribution in [0.25, 0.3) is 10.9 Å². The molecule has 47 heavy (non-hydrogen) atoms. The Morgan fingerprint density at radius 2 is 1.72 bits per heavy atom. The van der Waals surface area contributed by atoms with Crippen molar-refractivity contribution in [1.82, 2.24) is 34.4 Å². The number of likely N-dealkylation sites (tertiary alicyclic amines) is 1. The molecule has 2 bridgehead atoms. The summed E-state index contributed by atoms with van der Waals surface area (Å²) in [6, 6.07) is 9.84. The van der Waals surface area contributed by atoms with E-state index >= 15 is 0 Å². The summed E-state index contributed by atoms with van der Waals surface area (Å²) in [7, 11) is 5.35. The van der Waals surface area contributed by atoms with Crippen LogP contribution in [0.2, 0.25) is 0 Å². The molecule has 4 heterocycles. The molecule has 0 spiro atoms. The van der Waals surface area contributed by atoms with Crippen LogP contribution in [0.5, 0.6) is 0 Å². The Morgan fingerprint density at radius 3 is 2.36 bits per heavy atom. The van der Waals surface area contributed by atoms with Crippen LogP contribution in [0.15, 0.2) is 35.1 Å². The lowest BCUT2D eigenvalue weighted by Gasteiger charge is -2.40. The van der Waals surface area contributed by atoms with Gasteiger partial charge in [-0.2, -0.15) is 0 Å². The molecule has 258 valence electrons. The van der Waals surface area contributed by atoms with Gasteiger partial charge in [-0.05, 0) is 63.5 Å². The Bertz CT molecular complexity index is 1490. The molecule has 2 aromatic rings. The topological polar surface area (TPSA) is 122 Å². The van der Waals surface area contributed by atoms with Crippen molar-refractivity contribution in [2.24, 2.45) is 0 Å². The molecule has 0 saturated carbocycles. The van der Waals surface area contributed by atoms with Crippen LogP contribution < -0.4 is 10.9 Å². The molecular formula is C35H53N7O5. The average Bonchev–Trinajstić information content (AvgIpc) is 3.58. The highest BCUT2D eigenvalue weighted by atomic mass is 16.3. The third-order valence-corrected chi connectivity index (χ3v) is 10.4. The molecule has 1 aromatic heterocycles. The summed E-state index contributed by atoms with van der Waals surface area (Å²) in [4.78, 5) is 61.5. The fourth-order valence-corrected chi connectivity index (χ4v) is 7.91. The summed E-state index contributed by atoms with van der Waals surface area (Å²) >= 11 is 0. The van der Waals surface area contributed by atoms with Gasteiger partial charge in [0.25, 0.3) is 11.5 Å². The predicted octanol–water partition coefficient (Wildman–Crippen LogP) is 2.20. The zero-order valence-corrected chi connectivity index (χ0v) is 28.9. The van der Waals surface area contributed by atoms with E-state index in [4.69, 9.17) is 0 Å². The van der Waals surface area contributed by atoms with E-state index in [2.05, 4.69) is 15.1 Å². The van der Waals surface area contributed by atoms with E-state index in [0.717, 1.165) is 56.1 Å². The minimum Gasteiger partial charge on any atom is -0.390 e. The summed E-state index contributed by atoms with van der Waals surface area (Å²) < 4.78 is 1.69. The minimum absolute atomic E-state index is 0.00781. The van der Waals surface area contributed by atoms with Gasteiger partial charge in [0.15, 0.2) is 0 Å². The molecule has 3 aliphatic rings. The molecule has 3 fully saturated rings. The van der Waals surface area contributed by atoms with Crippen molar-refractivity contribution in [3.05, 3.63) is 46.2 Å². The Hall–Kier alpha value is -3.48. The lowest BCUT2D eigenvalue weighted by atomic mass is 9.96. The van der Waals surface area contributed by atoms with E-state index in [1.807, 2.05) is 45.2 Å². The maximum atomic E-state index is 13.5. The van der Waals surface area contributed by atoms with Gasteiger partial charge in [0.2, 0.25) is 5.91 Å². The van der Waals surface area contributed by atoms with Gasteiger partial charge in [-0.3, -0.25) is 24.2 Å². The molecule has 1 aromatic carbocycles. The second-order valence-electron chi connectivity index (χ2n) is 14.3. The highest BCUT2D eigenvalue weighted by Crippen LogP contribution is 2.36. The quantitative estimate of drug-likeness (QED) is 0.382. The Morgan fingerprint density at radius 1 is 1.04 bits per heavy atom. The number of aromatic nitrogens is 1. The Kier molecular flexibility index (Phi) is 10.9. The number of benzene rings is 1. The van der Waals surface area contributed by atoms with E-state index in [-0.39, 0.29) is 65.7 Å². The van der Waals surface area contributed by atoms with Gasteiger partial charge in [0, 0.05) is 97.5 Å². The number of piperidine rings is 1. The van der Waals surface area contributed by atoms with Crippen LogP contribution in [0.4, 0.5) is 4.79 Å². The van der Waals surface area contributed by atoms with Crippen LogP contribution in [-0.4, -0.2) is 143 Å². The predicted molar refractivity (Wildman–Crippen MR) is 183 cm³/mol. The van der Waals surface area contributed by atoms with Gasteiger partial charge in [0.05, 0.1) is 11.6 Å². The molecule has 3 aliphatic heterocycles. The van der Waals surface area contributed by atoms with E-state index < -0.39 is 6.10 Å². The molecule has 5 rings (SSSR count). The number of fused-ring (bicyclic) bond motifs is 3. The number of aliphatic hydroxyl groups excluding tert-OH is 1. The lowest BCUT2D eigenvalue weighted by molar-refractivity contribution is -0.130. The van der Waals surface area contributed by atoms with Crippen molar-refractivity contribution < 1.29 is 19.5 Å². The largest absolute Gasteiger partial charge is 0.390 e. The van der Waals surface area contributed by atoms with Crippen molar-refractivity contribution in [2.75, 3.05) is 60.4 Å². The Labute approximate surface area is 278 Å². The van der Waals surface area contributed by atoms with Gasteiger partial charge in [-0.25, -0.2) is 4.79 Å². The van der Waals surface area contributed by atoms with Crippen molar-refractivity contribution >= 4 is 28.7 Å². The number of nitrogens with zero attached hydrogens (tertiary/aromatic N) is 6. The molecule has 2 N–H and O–H groups in total. The summed E-state index contributed by atoms with van der Waals surface area (Å²) in [6.07, 6.45) is 3.73. The number of para-hydroxylation sites is 1. The number of carbonyl (C=O) groups is 3. The molecule has 4 amide bonds. The van der Waals surface area contributed by atoms with Crippen LogP contribution in [-0.2, 0) is 4.79 Å². The Balaban J connectivity index is 1.13. The summed E-state index contributed by atoms with van der Waals surface area (Å²) in [5.74, 6) is -0.389. The standard InChI is InChI=1S/C35H53N7O5/c1-23(2)42-32-10-8-7-9-25(32)17-31(34(42)46)33(45)36-26-18-27-11-12-28(19-26)41(27)22-30(44)21-40(24(3)43)16-15-39-14-13-29(20-39)38(6)35(47)37(4)5/h7-10,17,23,26-30,44H,11-16,18-22H2,1-6H3,(H,36,45)/t27-,28-,29+,30?/m0/s1. The van der Waals surface area contributed by atoms with Gasteiger partial charge in [-0.15, -0.1) is 0 Å². The van der Waals surface area contributed by atoms with Gasteiger partial charge in [0.1, 0.15) is 5.56 Å². The zero-order chi connectivity index (χ0) is 34.0. The molecule has 1 unspecified atom stereocenters. The van der Waals surface area contributed by atoms with Crippen molar-refractivity contribution in [2.45, 2.75) is 89.2 Å². The number of amides is 4. The van der Waals surface area contributed by atoms with Gasteiger partial charge in [-0.1, -0.05) is 18.2 Å². The molecule has 3 saturated heterocycles. The number of hydrogen-bond donors (Lipinski definition) is 2. The summed E-state index contributed by atoms with van der Waals surface area (Å²) in [6.45, 7) is 9.06. The van der Waals surface area contributed by atoms with Crippen LogP contribution in [0.1, 0.15) is 69.3 Å². The number of pyridine rings is 1. The second kappa shape index (κ2) is 14.7. The molecule has 4 atom stereocenters. The first kappa shape index (κ1) is 34.8. The van der Waals surface area contributed by atoms with Gasteiger partial charge < -0.3 is 29.7 Å². The first-order valence-corrected chi connectivity index (χ1v) is 17.1. The number of likely N-dealkylation sites (N-methyl/N-ethyl adjacent to an activating group) is 1.